The molecular weight excluding hydrogens is 540 g/mol. The zero-order valence-corrected chi connectivity index (χ0v) is 23.1. The van der Waals surface area contributed by atoms with Crippen LogP contribution in [0.25, 0.3) is 0 Å². The maximum absolute atomic E-state index is 6.28. The second kappa shape index (κ2) is 13.0. The summed E-state index contributed by atoms with van der Waals surface area (Å²) in [6, 6.07) is 16.1. The summed E-state index contributed by atoms with van der Waals surface area (Å²) < 4.78 is 17.8. The van der Waals surface area contributed by atoms with Crippen LogP contribution in [-0.2, 0) is 0 Å². The topological polar surface area (TPSA) is 27.7 Å². The minimum Gasteiger partial charge on any atom is -0.492 e. The molecule has 6 heteroatoms. The molecule has 0 heterocycles. The van der Waals surface area contributed by atoms with Crippen molar-refractivity contribution in [1.82, 2.24) is 0 Å². The molecule has 31 heavy (non-hydrogen) atoms. The van der Waals surface area contributed by atoms with Gasteiger partial charge in [-0.1, -0.05) is 52.6 Å². The number of ether oxygens (including phenoxy) is 3. The van der Waals surface area contributed by atoms with Gasteiger partial charge in [-0.3, -0.25) is 0 Å². The third-order valence-corrected chi connectivity index (χ3v) is 7.69. The molecule has 2 rings (SSSR count). The summed E-state index contributed by atoms with van der Waals surface area (Å²) in [6.07, 6.45) is 2.24. The third-order valence-electron chi connectivity index (χ3n) is 5.08. The van der Waals surface area contributed by atoms with E-state index in [0.717, 1.165) is 30.1 Å². The Morgan fingerprint density at radius 3 is 1.97 bits per heavy atom. The minimum atomic E-state index is -0.369. The molecule has 0 amide bonds. The average Bonchev–Trinajstić information content (AvgIpc) is 2.77. The highest BCUT2D eigenvalue weighted by atomic mass is 79.9. The van der Waals surface area contributed by atoms with Crippen LogP contribution in [0.1, 0.15) is 47.5 Å². The van der Waals surface area contributed by atoms with Gasteiger partial charge in [0.15, 0.2) is 0 Å². The van der Waals surface area contributed by atoms with Crippen LogP contribution in [0, 0.1) is 0 Å². The van der Waals surface area contributed by atoms with Crippen LogP contribution in [0.2, 0.25) is 0 Å². The maximum Gasteiger partial charge on any atom is 0.127 e. The van der Waals surface area contributed by atoms with E-state index in [1.54, 1.807) is 0 Å². The van der Waals surface area contributed by atoms with E-state index < -0.39 is 0 Å². The predicted octanol–water partition coefficient (Wildman–Crippen LogP) is 8.13. The Kier molecular flexibility index (Phi) is 11.1. The molecule has 2 aromatic carbocycles. The zero-order chi connectivity index (χ0) is 22.9. The van der Waals surface area contributed by atoms with Gasteiger partial charge in [-0.25, -0.2) is 0 Å². The summed E-state index contributed by atoms with van der Waals surface area (Å²) in [5.41, 5.74) is 0. The zero-order valence-electron chi connectivity index (χ0n) is 19.1. The molecule has 0 N–H and O–H groups in total. The van der Waals surface area contributed by atoms with Crippen LogP contribution in [0.3, 0.4) is 0 Å². The molecule has 0 aliphatic carbocycles. The van der Waals surface area contributed by atoms with Crippen LogP contribution >= 0.6 is 43.6 Å². The summed E-state index contributed by atoms with van der Waals surface area (Å²) in [6.45, 7) is 11.2. The normalized spacial score (nSPS) is 16.1. The van der Waals surface area contributed by atoms with Crippen molar-refractivity contribution < 1.29 is 14.2 Å². The van der Waals surface area contributed by atoms with Gasteiger partial charge in [0.05, 0.1) is 10.4 Å². The lowest BCUT2D eigenvalue weighted by molar-refractivity contribution is 0.148. The van der Waals surface area contributed by atoms with Gasteiger partial charge in [0, 0.05) is 15.5 Å². The summed E-state index contributed by atoms with van der Waals surface area (Å²) >= 11 is 9.32. The van der Waals surface area contributed by atoms with Crippen LogP contribution in [0.4, 0.5) is 0 Å². The molecule has 0 bridgehead atoms. The van der Waals surface area contributed by atoms with Crippen molar-refractivity contribution in [2.45, 2.75) is 74.1 Å². The predicted molar refractivity (Wildman–Crippen MR) is 140 cm³/mol. The number of thioether (sulfide) groups is 1. The van der Waals surface area contributed by atoms with Gasteiger partial charge >= 0.3 is 0 Å². The van der Waals surface area contributed by atoms with Crippen molar-refractivity contribution in [2.75, 3.05) is 11.9 Å². The number of hydrogen-bond donors (Lipinski definition) is 0. The van der Waals surface area contributed by atoms with Gasteiger partial charge in [0.1, 0.15) is 30.0 Å². The third kappa shape index (κ3) is 8.89. The van der Waals surface area contributed by atoms with E-state index in [4.69, 9.17) is 14.2 Å². The molecule has 0 aromatic heterocycles. The lowest BCUT2D eigenvalue weighted by Gasteiger charge is -2.31. The van der Waals surface area contributed by atoms with E-state index in [0.29, 0.717) is 17.2 Å². The van der Waals surface area contributed by atoms with Gasteiger partial charge in [0.25, 0.3) is 0 Å². The molecule has 0 fully saturated rings. The second-order valence-electron chi connectivity index (χ2n) is 7.94. The van der Waals surface area contributed by atoms with Crippen molar-refractivity contribution in [3.63, 3.8) is 0 Å². The largest absolute Gasteiger partial charge is 0.492 e. The van der Waals surface area contributed by atoms with E-state index in [2.05, 4.69) is 78.6 Å². The summed E-state index contributed by atoms with van der Waals surface area (Å²) in [7, 11) is 0. The van der Waals surface area contributed by atoms with Crippen molar-refractivity contribution in [3.05, 3.63) is 48.5 Å². The molecule has 2 aromatic rings. The molecule has 0 aliphatic rings. The highest BCUT2D eigenvalue weighted by Gasteiger charge is 2.34. The first kappa shape index (κ1) is 26.4. The van der Waals surface area contributed by atoms with Crippen molar-refractivity contribution in [3.8, 4) is 17.2 Å². The van der Waals surface area contributed by atoms with Crippen LogP contribution in [0.5, 0.6) is 17.2 Å². The maximum atomic E-state index is 6.28. The highest BCUT2D eigenvalue weighted by molar-refractivity contribution is 9.10. The Bertz CT molecular complexity index is 765. The molecule has 0 aliphatic heterocycles. The standard InChI is InChI=1S/C25H34Br2O3S/c1-6-18(3)29-21-10-8-20(9-11-21)28-17-25(5,27)24(16-26)30-22-12-14-23(15-13-22)31-19(4)7-2/h8-15,18-19,24H,6-7,16-17H2,1-5H3. The fraction of sp³-hybridized carbons (Fsp3) is 0.520. The number of hydrogen-bond acceptors (Lipinski definition) is 4. The van der Waals surface area contributed by atoms with Gasteiger partial charge < -0.3 is 14.2 Å². The highest BCUT2D eigenvalue weighted by Crippen LogP contribution is 2.31. The van der Waals surface area contributed by atoms with Crippen molar-refractivity contribution in [2.24, 2.45) is 0 Å². The Morgan fingerprint density at radius 1 is 0.871 bits per heavy atom. The van der Waals surface area contributed by atoms with E-state index in [9.17, 15) is 0 Å². The smallest absolute Gasteiger partial charge is 0.127 e. The van der Waals surface area contributed by atoms with E-state index in [1.807, 2.05) is 48.2 Å². The quantitative estimate of drug-likeness (QED) is 0.178. The van der Waals surface area contributed by atoms with Crippen LogP contribution < -0.4 is 14.2 Å². The second-order valence-corrected chi connectivity index (χ2v) is 11.9. The Balaban J connectivity index is 1.93. The fourth-order valence-electron chi connectivity index (χ4n) is 2.64. The molecule has 4 unspecified atom stereocenters. The first-order valence-corrected chi connectivity index (χ1v) is 13.6. The molecule has 0 saturated carbocycles. The summed E-state index contributed by atoms with van der Waals surface area (Å²) in [5.74, 6) is 2.53. The lowest BCUT2D eigenvalue weighted by atomic mass is 10.1. The number of halogens is 2. The minimum absolute atomic E-state index is 0.103. The SMILES string of the molecule is CCC(C)Oc1ccc(OCC(C)(Br)C(CBr)Oc2ccc(SC(C)CC)cc2)cc1. The van der Waals surface area contributed by atoms with E-state index in [-0.39, 0.29) is 16.5 Å². The molecule has 0 radical (unpaired) electrons. The van der Waals surface area contributed by atoms with Crippen LogP contribution in [0.15, 0.2) is 53.4 Å². The van der Waals surface area contributed by atoms with E-state index in [1.165, 1.54) is 4.90 Å². The van der Waals surface area contributed by atoms with Gasteiger partial charge in [0.2, 0.25) is 0 Å². The first-order chi connectivity index (χ1) is 14.8. The average molecular weight is 574 g/mol. The lowest BCUT2D eigenvalue weighted by Crippen LogP contribution is -2.44. The van der Waals surface area contributed by atoms with Crippen LogP contribution in [-0.4, -0.2) is 33.7 Å². The van der Waals surface area contributed by atoms with Gasteiger partial charge in [-0.05, 0) is 75.2 Å². The number of alkyl halides is 2. The molecule has 3 nitrogen and oxygen atoms in total. The summed E-state index contributed by atoms with van der Waals surface area (Å²) in [4.78, 5) is 1.27. The van der Waals surface area contributed by atoms with Gasteiger partial charge in [-0.2, -0.15) is 0 Å². The summed E-state index contributed by atoms with van der Waals surface area (Å²) in [5, 5.41) is 1.30. The molecule has 4 atom stereocenters. The van der Waals surface area contributed by atoms with Crippen molar-refractivity contribution in [1.29, 1.82) is 0 Å². The monoisotopic (exact) mass is 572 g/mol. The van der Waals surface area contributed by atoms with E-state index >= 15 is 0 Å². The Morgan fingerprint density at radius 2 is 1.42 bits per heavy atom. The molecule has 172 valence electrons. The number of benzene rings is 2. The molecule has 0 spiro atoms. The Hall–Kier alpha value is -0.850. The first-order valence-electron chi connectivity index (χ1n) is 10.8. The van der Waals surface area contributed by atoms with Gasteiger partial charge in [-0.15, -0.1) is 11.8 Å². The Labute approximate surface area is 208 Å². The molecular formula is C25H34Br2O3S. The number of rotatable bonds is 13. The molecule has 0 saturated heterocycles. The van der Waals surface area contributed by atoms with Crippen molar-refractivity contribution >= 4 is 43.6 Å². The fourth-order valence-corrected chi connectivity index (χ4v) is 5.21.